The minimum absolute atomic E-state index is 0.321. The molecule has 0 spiro atoms. The van der Waals surface area contributed by atoms with Gasteiger partial charge in [-0.1, -0.05) is 17.7 Å². The molecule has 2 aromatic rings. The van der Waals surface area contributed by atoms with Crippen molar-refractivity contribution in [3.8, 4) is 17.2 Å². The van der Waals surface area contributed by atoms with E-state index < -0.39 is 29.9 Å². The zero-order valence-electron chi connectivity index (χ0n) is 16.9. The summed E-state index contributed by atoms with van der Waals surface area (Å²) >= 11 is 6.06. The molecule has 0 aliphatic carbocycles. The summed E-state index contributed by atoms with van der Waals surface area (Å²) in [6.45, 7) is 1.98. The molecule has 0 bridgehead atoms. The monoisotopic (exact) mass is 445 g/mol. The Hall–Kier alpha value is -3.46. The number of fused-ring (bicyclic) bond motifs is 1. The lowest BCUT2D eigenvalue weighted by Gasteiger charge is -2.25. The van der Waals surface area contributed by atoms with E-state index in [9.17, 15) is 14.4 Å². The van der Waals surface area contributed by atoms with Crippen LogP contribution in [0.4, 0.5) is 10.5 Å². The van der Waals surface area contributed by atoms with Gasteiger partial charge in [0.15, 0.2) is 11.5 Å². The van der Waals surface area contributed by atoms with Crippen molar-refractivity contribution in [2.45, 2.75) is 12.5 Å². The van der Waals surface area contributed by atoms with Crippen molar-refractivity contribution in [3.05, 3.63) is 47.0 Å². The van der Waals surface area contributed by atoms with Crippen LogP contribution < -0.4 is 24.8 Å². The van der Waals surface area contributed by atoms with Crippen LogP contribution in [0.5, 0.6) is 17.2 Å². The van der Waals surface area contributed by atoms with Crippen molar-refractivity contribution in [1.82, 2.24) is 10.2 Å². The van der Waals surface area contributed by atoms with Crippen LogP contribution in [-0.2, 0) is 15.1 Å². The van der Waals surface area contributed by atoms with E-state index in [0.717, 1.165) is 4.90 Å². The van der Waals surface area contributed by atoms with Crippen LogP contribution in [0.2, 0.25) is 5.02 Å². The van der Waals surface area contributed by atoms with Crippen molar-refractivity contribution in [2.75, 3.05) is 32.2 Å². The number of methoxy groups -OCH3 is 1. The minimum atomic E-state index is -1.34. The number of ether oxygens (including phenoxy) is 3. The topological polar surface area (TPSA) is 106 Å². The number of carbonyl (C=O) groups excluding carboxylic acids is 3. The summed E-state index contributed by atoms with van der Waals surface area (Å²) in [7, 11) is 1.48. The van der Waals surface area contributed by atoms with Gasteiger partial charge < -0.3 is 24.8 Å². The Morgan fingerprint density at radius 2 is 1.94 bits per heavy atom. The van der Waals surface area contributed by atoms with Gasteiger partial charge in [0.1, 0.15) is 31.0 Å². The first kappa shape index (κ1) is 20.8. The van der Waals surface area contributed by atoms with E-state index in [-0.39, 0.29) is 0 Å². The number of imide groups is 1. The van der Waals surface area contributed by atoms with E-state index >= 15 is 0 Å². The fraction of sp³-hybridized carbons (Fsp3) is 0.286. The molecule has 31 heavy (non-hydrogen) atoms. The van der Waals surface area contributed by atoms with Crippen LogP contribution in [0.15, 0.2) is 36.4 Å². The van der Waals surface area contributed by atoms with E-state index in [2.05, 4.69) is 10.6 Å². The molecule has 4 amide bonds. The van der Waals surface area contributed by atoms with Gasteiger partial charge >= 0.3 is 6.03 Å². The maximum atomic E-state index is 13.1. The van der Waals surface area contributed by atoms with Gasteiger partial charge in [-0.05, 0) is 42.8 Å². The van der Waals surface area contributed by atoms with Gasteiger partial charge in [0.25, 0.3) is 5.91 Å². The first-order valence-corrected chi connectivity index (χ1v) is 9.87. The lowest BCUT2D eigenvalue weighted by atomic mass is 9.91. The predicted molar refractivity (Wildman–Crippen MR) is 112 cm³/mol. The van der Waals surface area contributed by atoms with Crippen molar-refractivity contribution < 1.29 is 28.6 Å². The molecule has 0 aromatic heterocycles. The molecule has 4 rings (SSSR count). The third kappa shape index (κ3) is 3.84. The molecule has 2 aliphatic heterocycles. The minimum Gasteiger partial charge on any atom is -0.495 e. The molecular formula is C21H20ClN3O6. The molecule has 1 saturated heterocycles. The summed E-state index contributed by atoms with van der Waals surface area (Å²) in [6.07, 6.45) is 0. The van der Waals surface area contributed by atoms with Crippen LogP contribution in [0.25, 0.3) is 0 Å². The maximum Gasteiger partial charge on any atom is 0.325 e. The molecule has 2 aliphatic rings. The van der Waals surface area contributed by atoms with Gasteiger partial charge in [0, 0.05) is 5.69 Å². The summed E-state index contributed by atoms with van der Waals surface area (Å²) in [5.41, 5.74) is -0.395. The zero-order chi connectivity index (χ0) is 22.2. The number of hydrogen-bond donors (Lipinski definition) is 2. The molecule has 2 aromatic carbocycles. The SMILES string of the molecule is COc1ccc(NC(=O)CN2C(=O)NC(C)(c3ccc4c(c3)OCCO4)C2=O)cc1Cl. The summed E-state index contributed by atoms with van der Waals surface area (Å²) in [4.78, 5) is 38.9. The smallest absolute Gasteiger partial charge is 0.325 e. The number of anilines is 1. The lowest BCUT2D eigenvalue weighted by molar-refractivity contribution is -0.133. The van der Waals surface area contributed by atoms with Crippen LogP contribution in [0.1, 0.15) is 12.5 Å². The van der Waals surface area contributed by atoms with E-state index in [1.54, 1.807) is 37.3 Å². The zero-order valence-corrected chi connectivity index (χ0v) is 17.6. The third-order valence-corrected chi connectivity index (χ3v) is 5.43. The molecule has 1 unspecified atom stereocenters. The second kappa shape index (κ2) is 7.99. The average Bonchev–Trinajstić information content (AvgIpc) is 2.97. The molecule has 10 heteroatoms. The van der Waals surface area contributed by atoms with Gasteiger partial charge in [-0.25, -0.2) is 4.79 Å². The van der Waals surface area contributed by atoms with Gasteiger partial charge in [-0.15, -0.1) is 0 Å². The van der Waals surface area contributed by atoms with Crippen molar-refractivity contribution >= 4 is 35.1 Å². The quantitative estimate of drug-likeness (QED) is 0.685. The van der Waals surface area contributed by atoms with Crippen LogP contribution in [0.3, 0.4) is 0 Å². The highest BCUT2D eigenvalue weighted by Gasteiger charge is 2.49. The fourth-order valence-corrected chi connectivity index (χ4v) is 3.74. The molecule has 0 saturated carbocycles. The van der Waals surface area contributed by atoms with E-state index in [1.165, 1.54) is 13.2 Å². The number of benzene rings is 2. The maximum absolute atomic E-state index is 13.1. The highest BCUT2D eigenvalue weighted by atomic mass is 35.5. The second-order valence-electron chi connectivity index (χ2n) is 7.20. The molecule has 1 fully saturated rings. The summed E-state index contributed by atoms with van der Waals surface area (Å²) in [5, 5.41) is 5.61. The molecule has 2 N–H and O–H groups in total. The summed E-state index contributed by atoms with van der Waals surface area (Å²) < 4.78 is 16.1. The summed E-state index contributed by atoms with van der Waals surface area (Å²) in [6, 6.07) is 9.11. The van der Waals surface area contributed by atoms with E-state index in [0.29, 0.717) is 46.7 Å². The number of amides is 4. The number of carbonyl (C=O) groups is 3. The highest BCUT2D eigenvalue weighted by molar-refractivity contribution is 6.32. The Balaban J connectivity index is 1.49. The van der Waals surface area contributed by atoms with Crippen molar-refractivity contribution in [3.63, 3.8) is 0 Å². The number of nitrogens with one attached hydrogen (secondary N) is 2. The van der Waals surface area contributed by atoms with Gasteiger partial charge in [-0.2, -0.15) is 0 Å². The van der Waals surface area contributed by atoms with Crippen LogP contribution in [-0.4, -0.2) is 49.6 Å². The molecular weight excluding hydrogens is 426 g/mol. The van der Waals surface area contributed by atoms with E-state index in [4.69, 9.17) is 25.8 Å². The molecule has 0 radical (unpaired) electrons. The Morgan fingerprint density at radius 1 is 1.19 bits per heavy atom. The Kier molecular flexibility index (Phi) is 5.36. The molecule has 162 valence electrons. The van der Waals surface area contributed by atoms with E-state index in [1.807, 2.05) is 0 Å². The standard InChI is InChI=1S/C21H20ClN3O6/c1-21(12-3-5-16-17(9-12)31-8-7-30-16)19(27)25(20(28)24-21)11-18(26)23-13-4-6-15(29-2)14(22)10-13/h3-6,9-10H,7-8,11H2,1-2H3,(H,23,26)(H,24,28). The number of halogens is 1. The van der Waals surface area contributed by atoms with Crippen molar-refractivity contribution in [1.29, 1.82) is 0 Å². The van der Waals surface area contributed by atoms with Gasteiger partial charge in [0.05, 0.1) is 12.1 Å². The fourth-order valence-electron chi connectivity index (χ4n) is 3.48. The lowest BCUT2D eigenvalue weighted by Crippen LogP contribution is -2.42. The highest BCUT2D eigenvalue weighted by Crippen LogP contribution is 2.37. The number of urea groups is 1. The normalized spacial score (nSPS) is 19.8. The first-order valence-electron chi connectivity index (χ1n) is 9.49. The Bertz CT molecular complexity index is 1080. The predicted octanol–water partition coefficient (Wildman–Crippen LogP) is 2.53. The van der Waals surface area contributed by atoms with Gasteiger partial charge in [-0.3, -0.25) is 14.5 Å². The second-order valence-corrected chi connectivity index (χ2v) is 7.61. The molecule has 9 nitrogen and oxygen atoms in total. The number of rotatable bonds is 5. The molecule has 1 atom stereocenters. The first-order chi connectivity index (χ1) is 14.8. The van der Waals surface area contributed by atoms with Gasteiger partial charge in [0.2, 0.25) is 5.91 Å². The number of nitrogens with zero attached hydrogens (tertiary/aromatic N) is 1. The number of hydrogen-bond acceptors (Lipinski definition) is 6. The van der Waals surface area contributed by atoms with Crippen molar-refractivity contribution in [2.24, 2.45) is 0 Å². The average molecular weight is 446 g/mol. The Morgan fingerprint density at radius 3 is 2.65 bits per heavy atom. The summed E-state index contributed by atoms with van der Waals surface area (Å²) in [5.74, 6) is 0.446. The van der Waals surface area contributed by atoms with Crippen LogP contribution in [0, 0.1) is 0 Å². The Labute approximate surface area is 183 Å². The third-order valence-electron chi connectivity index (χ3n) is 5.13. The largest absolute Gasteiger partial charge is 0.495 e. The van der Waals surface area contributed by atoms with Crippen LogP contribution >= 0.6 is 11.6 Å². The molecule has 2 heterocycles.